The van der Waals surface area contributed by atoms with Crippen LogP contribution in [0.5, 0.6) is 0 Å². The second-order valence-corrected chi connectivity index (χ2v) is 2.72. The summed E-state index contributed by atoms with van der Waals surface area (Å²) in [6.07, 6.45) is 0. The first-order chi connectivity index (χ1) is 6.13. The minimum absolute atomic E-state index is 0.197. The van der Waals surface area contributed by atoms with Gasteiger partial charge in [-0.1, -0.05) is 6.07 Å². The number of rotatable bonds is 1. The smallest absolute Gasteiger partial charge is 0.192 e. The molecule has 0 aromatic heterocycles. The molecule has 1 aromatic rings. The second-order valence-electron chi connectivity index (χ2n) is 2.72. The van der Waals surface area contributed by atoms with E-state index in [4.69, 9.17) is 5.73 Å². The van der Waals surface area contributed by atoms with E-state index in [1.807, 2.05) is 6.92 Å². The summed E-state index contributed by atoms with van der Waals surface area (Å²) >= 11 is 0. The highest BCUT2D eigenvalue weighted by molar-refractivity contribution is 5.92. The lowest BCUT2D eigenvalue weighted by molar-refractivity contribution is 0.631. The van der Waals surface area contributed by atoms with Crippen LogP contribution in [0.1, 0.15) is 5.56 Å². The largest absolute Gasteiger partial charge is 0.370 e. The van der Waals surface area contributed by atoms with Crippen LogP contribution in [0.3, 0.4) is 0 Å². The van der Waals surface area contributed by atoms with E-state index in [1.165, 1.54) is 13.1 Å². The molecule has 0 aliphatic rings. The van der Waals surface area contributed by atoms with E-state index in [1.54, 1.807) is 12.1 Å². The third kappa shape index (κ3) is 2.43. The number of guanidine groups is 1. The van der Waals surface area contributed by atoms with E-state index >= 15 is 0 Å². The van der Waals surface area contributed by atoms with Gasteiger partial charge in [0.2, 0.25) is 0 Å². The fourth-order valence-corrected chi connectivity index (χ4v) is 0.915. The Hall–Kier alpha value is -1.58. The van der Waals surface area contributed by atoms with Crippen LogP contribution in [0.15, 0.2) is 23.2 Å². The van der Waals surface area contributed by atoms with Gasteiger partial charge in [-0.2, -0.15) is 0 Å². The molecule has 3 N–H and O–H groups in total. The van der Waals surface area contributed by atoms with Crippen molar-refractivity contribution in [1.82, 2.24) is 0 Å². The number of anilines is 1. The van der Waals surface area contributed by atoms with E-state index in [9.17, 15) is 4.39 Å². The maximum Gasteiger partial charge on any atom is 0.192 e. The molecule has 0 atom stereocenters. The van der Waals surface area contributed by atoms with Gasteiger partial charge in [-0.3, -0.25) is 4.99 Å². The number of hydrogen-bond donors (Lipinski definition) is 2. The molecule has 0 amide bonds. The van der Waals surface area contributed by atoms with Crippen LogP contribution in [0.2, 0.25) is 0 Å². The van der Waals surface area contributed by atoms with E-state index in [0.717, 1.165) is 5.56 Å². The van der Waals surface area contributed by atoms with E-state index in [0.29, 0.717) is 5.69 Å². The number of hydrogen-bond acceptors (Lipinski definition) is 1. The predicted octanol–water partition coefficient (Wildman–Crippen LogP) is 1.49. The Morgan fingerprint density at radius 3 is 2.77 bits per heavy atom. The number of nitrogens with two attached hydrogens (primary N) is 1. The predicted molar refractivity (Wildman–Crippen MR) is 52.3 cm³/mol. The van der Waals surface area contributed by atoms with Crippen LogP contribution in [0.25, 0.3) is 0 Å². The van der Waals surface area contributed by atoms with Crippen molar-refractivity contribution in [3.05, 3.63) is 29.6 Å². The average molecular weight is 181 g/mol. The molecule has 1 rings (SSSR count). The number of nitrogens with one attached hydrogen (secondary N) is 1. The van der Waals surface area contributed by atoms with Crippen LogP contribution >= 0.6 is 0 Å². The van der Waals surface area contributed by atoms with Crippen LogP contribution in [-0.2, 0) is 0 Å². The molecule has 0 saturated heterocycles. The number of benzene rings is 1. The molecule has 0 heterocycles. The first-order valence-electron chi connectivity index (χ1n) is 3.89. The van der Waals surface area contributed by atoms with Crippen molar-refractivity contribution < 1.29 is 4.39 Å². The average Bonchev–Trinajstić information content (AvgIpc) is 2.09. The summed E-state index contributed by atoms with van der Waals surface area (Å²) in [6, 6.07) is 4.86. The minimum Gasteiger partial charge on any atom is -0.370 e. The third-order valence-electron chi connectivity index (χ3n) is 1.63. The summed E-state index contributed by atoms with van der Waals surface area (Å²) in [5, 5.41) is 2.64. The van der Waals surface area contributed by atoms with E-state index in [2.05, 4.69) is 10.3 Å². The van der Waals surface area contributed by atoms with Crippen LogP contribution in [-0.4, -0.2) is 13.0 Å². The normalized spacial score (nSPS) is 11.5. The van der Waals surface area contributed by atoms with Crippen molar-refractivity contribution >= 4 is 11.6 Å². The SMILES string of the molecule is CN=C(N)Nc1ccc(C)cc1F. The molecule has 0 fully saturated rings. The zero-order valence-electron chi connectivity index (χ0n) is 7.63. The summed E-state index contributed by atoms with van der Waals surface area (Å²) in [6.45, 7) is 1.82. The summed E-state index contributed by atoms with van der Waals surface area (Å²) in [7, 11) is 1.54. The molecular formula is C9H12FN3. The van der Waals surface area contributed by atoms with Gasteiger partial charge in [0.1, 0.15) is 5.82 Å². The lowest BCUT2D eigenvalue weighted by Gasteiger charge is -2.06. The molecule has 3 nitrogen and oxygen atoms in total. The summed E-state index contributed by atoms with van der Waals surface area (Å²) in [4.78, 5) is 3.66. The lowest BCUT2D eigenvalue weighted by atomic mass is 10.2. The third-order valence-corrected chi connectivity index (χ3v) is 1.63. The van der Waals surface area contributed by atoms with Crippen molar-refractivity contribution in [2.24, 2.45) is 10.7 Å². The molecule has 0 radical (unpaired) electrons. The molecule has 13 heavy (non-hydrogen) atoms. The second kappa shape index (κ2) is 3.89. The van der Waals surface area contributed by atoms with Crippen LogP contribution in [0.4, 0.5) is 10.1 Å². The van der Waals surface area contributed by atoms with Crippen molar-refractivity contribution in [2.45, 2.75) is 6.92 Å². The topological polar surface area (TPSA) is 50.4 Å². The molecule has 0 aliphatic heterocycles. The highest BCUT2D eigenvalue weighted by Crippen LogP contribution is 2.14. The Bertz CT molecular complexity index is 334. The highest BCUT2D eigenvalue weighted by atomic mass is 19.1. The van der Waals surface area contributed by atoms with Crippen LogP contribution < -0.4 is 11.1 Å². The van der Waals surface area contributed by atoms with E-state index in [-0.39, 0.29) is 11.8 Å². The summed E-state index contributed by atoms with van der Waals surface area (Å²) in [5.41, 5.74) is 6.60. The molecule has 0 aliphatic carbocycles. The zero-order valence-corrected chi connectivity index (χ0v) is 7.63. The molecule has 0 saturated carbocycles. The number of aliphatic imine (C=N–C) groups is 1. The molecular weight excluding hydrogens is 169 g/mol. The molecule has 0 spiro atoms. The first kappa shape index (κ1) is 9.51. The summed E-state index contributed by atoms with van der Waals surface area (Å²) < 4.78 is 13.2. The van der Waals surface area contributed by atoms with Gasteiger partial charge in [-0.05, 0) is 24.6 Å². The molecule has 70 valence electrons. The Kier molecular flexibility index (Phi) is 2.84. The fraction of sp³-hybridized carbons (Fsp3) is 0.222. The van der Waals surface area contributed by atoms with Crippen molar-refractivity contribution in [3.8, 4) is 0 Å². The Balaban J connectivity index is 2.90. The quantitative estimate of drug-likeness (QED) is 0.509. The molecule has 4 heteroatoms. The van der Waals surface area contributed by atoms with Gasteiger partial charge in [0.05, 0.1) is 5.69 Å². The van der Waals surface area contributed by atoms with Gasteiger partial charge in [0.25, 0.3) is 0 Å². The lowest BCUT2D eigenvalue weighted by Crippen LogP contribution is -2.22. The van der Waals surface area contributed by atoms with Gasteiger partial charge < -0.3 is 11.1 Å². The Morgan fingerprint density at radius 1 is 1.54 bits per heavy atom. The van der Waals surface area contributed by atoms with Crippen molar-refractivity contribution in [1.29, 1.82) is 0 Å². The minimum atomic E-state index is -0.327. The number of halogens is 1. The molecule has 0 bridgehead atoms. The maximum atomic E-state index is 13.2. The number of aryl methyl sites for hydroxylation is 1. The monoisotopic (exact) mass is 181 g/mol. The van der Waals surface area contributed by atoms with Crippen molar-refractivity contribution in [2.75, 3.05) is 12.4 Å². The van der Waals surface area contributed by atoms with Crippen molar-refractivity contribution in [3.63, 3.8) is 0 Å². The summed E-state index contributed by atoms with van der Waals surface area (Å²) in [5.74, 6) is -0.130. The van der Waals surface area contributed by atoms with Gasteiger partial charge in [-0.15, -0.1) is 0 Å². The standard InChI is InChI=1S/C9H12FN3/c1-6-3-4-8(7(10)5-6)13-9(11)12-2/h3-5H,1-2H3,(H3,11,12,13). The molecule has 1 aromatic carbocycles. The van der Waals surface area contributed by atoms with E-state index < -0.39 is 0 Å². The first-order valence-corrected chi connectivity index (χ1v) is 3.89. The van der Waals surface area contributed by atoms with Gasteiger partial charge in [0, 0.05) is 7.05 Å². The Labute approximate surface area is 76.5 Å². The Morgan fingerprint density at radius 2 is 2.23 bits per heavy atom. The van der Waals surface area contributed by atoms with Gasteiger partial charge in [-0.25, -0.2) is 4.39 Å². The van der Waals surface area contributed by atoms with Crippen LogP contribution in [0, 0.1) is 12.7 Å². The maximum absolute atomic E-state index is 13.2. The highest BCUT2D eigenvalue weighted by Gasteiger charge is 2.01. The van der Waals surface area contributed by atoms with Gasteiger partial charge in [0.15, 0.2) is 5.96 Å². The number of nitrogens with zero attached hydrogens (tertiary/aromatic N) is 1. The zero-order chi connectivity index (χ0) is 9.84. The van der Waals surface area contributed by atoms with Gasteiger partial charge >= 0.3 is 0 Å². The fourth-order valence-electron chi connectivity index (χ4n) is 0.915. The molecule has 0 unspecified atom stereocenters.